The molecule has 2 nitrogen and oxygen atoms in total. The molecule has 0 aliphatic rings. The van der Waals surface area contributed by atoms with Gasteiger partial charge in [-0.15, -0.1) is 0 Å². The molecule has 0 saturated carbocycles. The second-order valence-corrected chi connectivity index (χ2v) is 4.07. The van der Waals surface area contributed by atoms with Crippen molar-refractivity contribution in [1.29, 1.82) is 5.26 Å². The molecule has 0 atom stereocenters. The second kappa shape index (κ2) is 3.60. The molecule has 0 unspecified atom stereocenters. The first-order chi connectivity index (χ1) is 7.15. The number of fused-ring (bicyclic) bond motifs is 1. The van der Waals surface area contributed by atoms with Crippen molar-refractivity contribution in [3.05, 3.63) is 34.0 Å². The van der Waals surface area contributed by atoms with E-state index in [0.29, 0.717) is 6.42 Å². The van der Waals surface area contributed by atoms with Gasteiger partial charge in [-0.3, -0.25) is 0 Å². The number of H-pyrrole nitrogens is 1. The number of hydrogen-bond acceptors (Lipinski definition) is 1. The number of rotatable bonds is 1. The normalized spacial score (nSPS) is 10.5. The lowest BCUT2D eigenvalue weighted by Gasteiger charge is -1.99. The predicted molar refractivity (Wildman–Crippen MR) is 62.1 cm³/mol. The van der Waals surface area contributed by atoms with Crippen molar-refractivity contribution in [2.45, 2.75) is 20.3 Å². The fourth-order valence-electron chi connectivity index (χ4n) is 1.87. The molecular weight excluding hydrogens is 208 g/mol. The Balaban J connectivity index is 2.80. The zero-order chi connectivity index (χ0) is 11.0. The third-order valence-corrected chi connectivity index (χ3v) is 3.15. The van der Waals surface area contributed by atoms with E-state index in [9.17, 15) is 0 Å². The minimum atomic E-state index is 0.437. The summed E-state index contributed by atoms with van der Waals surface area (Å²) in [5, 5.41) is 10.6. The van der Waals surface area contributed by atoms with Crippen molar-refractivity contribution in [1.82, 2.24) is 4.98 Å². The van der Waals surface area contributed by atoms with Gasteiger partial charge in [0.25, 0.3) is 0 Å². The van der Waals surface area contributed by atoms with Crippen molar-refractivity contribution in [3.8, 4) is 6.07 Å². The van der Waals surface area contributed by atoms with Gasteiger partial charge in [0.05, 0.1) is 18.0 Å². The summed E-state index contributed by atoms with van der Waals surface area (Å²) in [7, 11) is 0. The molecule has 1 N–H and O–H groups in total. The zero-order valence-electron chi connectivity index (χ0n) is 8.69. The molecule has 2 aromatic rings. The van der Waals surface area contributed by atoms with Gasteiger partial charge in [0, 0.05) is 16.1 Å². The van der Waals surface area contributed by atoms with Crippen molar-refractivity contribution < 1.29 is 0 Å². The highest BCUT2D eigenvalue weighted by atomic mass is 35.5. The van der Waals surface area contributed by atoms with E-state index >= 15 is 0 Å². The van der Waals surface area contributed by atoms with E-state index in [-0.39, 0.29) is 0 Å². The summed E-state index contributed by atoms with van der Waals surface area (Å²) in [5.41, 5.74) is 4.22. The molecule has 0 aliphatic carbocycles. The van der Waals surface area contributed by atoms with Crippen LogP contribution in [0, 0.1) is 25.2 Å². The minimum Gasteiger partial charge on any atom is -0.358 e. The molecule has 2 rings (SSSR count). The summed E-state index contributed by atoms with van der Waals surface area (Å²) in [4.78, 5) is 3.29. The number of halogens is 1. The lowest BCUT2D eigenvalue weighted by atomic mass is 10.1. The molecule has 0 fully saturated rings. The molecule has 3 heteroatoms. The second-order valence-electron chi connectivity index (χ2n) is 3.66. The quantitative estimate of drug-likeness (QED) is 0.782. The minimum absolute atomic E-state index is 0.437. The van der Waals surface area contributed by atoms with Gasteiger partial charge in [0.15, 0.2) is 0 Å². The van der Waals surface area contributed by atoms with Gasteiger partial charge >= 0.3 is 0 Å². The Morgan fingerprint density at radius 2 is 2.13 bits per heavy atom. The lowest BCUT2D eigenvalue weighted by molar-refractivity contribution is 1.19. The van der Waals surface area contributed by atoms with Crippen molar-refractivity contribution >= 4 is 22.5 Å². The maximum absolute atomic E-state index is 8.76. The first-order valence-electron chi connectivity index (χ1n) is 4.78. The molecule has 15 heavy (non-hydrogen) atoms. The number of aromatic nitrogens is 1. The van der Waals surface area contributed by atoms with Crippen LogP contribution in [0.4, 0.5) is 0 Å². The summed E-state index contributed by atoms with van der Waals surface area (Å²) in [6.07, 6.45) is 0.437. The summed E-state index contributed by atoms with van der Waals surface area (Å²) in [6.45, 7) is 3.97. The van der Waals surface area contributed by atoms with Crippen LogP contribution in [0.2, 0.25) is 5.02 Å². The van der Waals surface area contributed by atoms with Crippen LogP contribution in [0.25, 0.3) is 10.9 Å². The van der Waals surface area contributed by atoms with Crippen LogP contribution in [0.5, 0.6) is 0 Å². The molecule has 1 aromatic carbocycles. The molecule has 0 bridgehead atoms. The van der Waals surface area contributed by atoms with Crippen LogP contribution in [0.1, 0.15) is 16.8 Å². The van der Waals surface area contributed by atoms with E-state index in [1.54, 1.807) is 0 Å². The lowest BCUT2D eigenvalue weighted by Crippen LogP contribution is -1.82. The maximum Gasteiger partial charge on any atom is 0.0670 e. The first kappa shape index (κ1) is 10.1. The van der Waals surface area contributed by atoms with Gasteiger partial charge in [0.2, 0.25) is 0 Å². The highest BCUT2D eigenvalue weighted by Crippen LogP contribution is 2.29. The van der Waals surface area contributed by atoms with E-state index < -0.39 is 0 Å². The molecule has 0 saturated heterocycles. The third-order valence-electron chi connectivity index (χ3n) is 2.75. The van der Waals surface area contributed by atoms with E-state index in [4.69, 9.17) is 16.9 Å². The average Bonchev–Trinajstić information content (AvgIpc) is 2.52. The largest absolute Gasteiger partial charge is 0.358 e. The van der Waals surface area contributed by atoms with E-state index in [2.05, 4.69) is 11.1 Å². The van der Waals surface area contributed by atoms with Crippen LogP contribution < -0.4 is 0 Å². The van der Waals surface area contributed by atoms with E-state index in [1.807, 2.05) is 26.0 Å². The van der Waals surface area contributed by atoms with E-state index in [0.717, 1.165) is 32.7 Å². The number of aryl methyl sites for hydroxylation is 2. The zero-order valence-corrected chi connectivity index (χ0v) is 9.44. The van der Waals surface area contributed by atoms with Crippen LogP contribution in [-0.4, -0.2) is 4.98 Å². The summed E-state index contributed by atoms with van der Waals surface area (Å²) >= 11 is 6.04. The van der Waals surface area contributed by atoms with E-state index in [1.165, 1.54) is 0 Å². The number of aromatic amines is 1. The van der Waals surface area contributed by atoms with Gasteiger partial charge in [-0.1, -0.05) is 17.7 Å². The summed E-state index contributed by atoms with van der Waals surface area (Å²) in [6, 6.07) is 6.04. The van der Waals surface area contributed by atoms with Gasteiger partial charge in [-0.05, 0) is 31.0 Å². The number of hydrogen-bond donors (Lipinski definition) is 1. The molecule has 0 radical (unpaired) electrons. The number of nitrogens with one attached hydrogen (secondary N) is 1. The van der Waals surface area contributed by atoms with Gasteiger partial charge in [-0.25, -0.2) is 0 Å². The monoisotopic (exact) mass is 218 g/mol. The number of benzene rings is 1. The van der Waals surface area contributed by atoms with Crippen molar-refractivity contribution in [2.75, 3.05) is 0 Å². The Kier molecular flexibility index (Phi) is 2.42. The Morgan fingerprint density at radius 3 is 2.80 bits per heavy atom. The fourth-order valence-corrected chi connectivity index (χ4v) is 2.03. The van der Waals surface area contributed by atoms with Gasteiger partial charge in [-0.2, -0.15) is 5.26 Å². The number of nitrogens with zero attached hydrogens (tertiary/aromatic N) is 1. The summed E-state index contributed by atoms with van der Waals surface area (Å²) in [5.74, 6) is 0. The molecule has 1 heterocycles. The van der Waals surface area contributed by atoms with Crippen LogP contribution in [-0.2, 0) is 6.42 Å². The van der Waals surface area contributed by atoms with Crippen molar-refractivity contribution in [3.63, 3.8) is 0 Å². The number of nitriles is 1. The molecule has 0 aliphatic heterocycles. The van der Waals surface area contributed by atoms with Crippen LogP contribution in [0.15, 0.2) is 12.1 Å². The fraction of sp³-hybridized carbons (Fsp3) is 0.250. The first-order valence-corrected chi connectivity index (χ1v) is 5.16. The highest BCUT2D eigenvalue weighted by molar-refractivity contribution is 6.32. The van der Waals surface area contributed by atoms with Crippen LogP contribution in [0.3, 0.4) is 0 Å². The smallest absolute Gasteiger partial charge is 0.0670 e. The molecule has 1 aromatic heterocycles. The third kappa shape index (κ3) is 1.49. The Hall–Kier alpha value is -1.46. The van der Waals surface area contributed by atoms with Crippen molar-refractivity contribution in [2.24, 2.45) is 0 Å². The maximum atomic E-state index is 8.76. The SMILES string of the molecule is Cc1[nH]c2c(C)c(Cl)ccc2c1CC#N. The average molecular weight is 219 g/mol. The Bertz CT molecular complexity index is 561. The summed E-state index contributed by atoms with van der Waals surface area (Å²) < 4.78 is 0. The Morgan fingerprint density at radius 1 is 1.40 bits per heavy atom. The topological polar surface area (TPSA) is 39.6 Å². The predicted octanol–water partition coefficient (Wildman–Crippen LogP) is 3.50. The molecule has 0 spiro atoms. The molecular formula is C12H11ClN2. The Labute approximate surface area is 93.5 Å². The van der Waals surface area contributed by atoms with Gasteiger partial charge in [0.1, 0.15) is 0 Å². The molecule has 0 amide bonds. The van der Waals surface area contributed by atoms with Crippen LogP contribution >= 0.6 is 11.6 Å². The highest BCUT2D eigenvalue weighted by Gasteiger charge is 2.10. The standard InChI is InChI=1S/C12H11ClN2/c1-7-11(13)4-3-10-9(5-6-14)8(2)15-12(7)10/h3-4,15H,5H2,1-2H3. The molecule has 76 valence electrons. The van der Waals surface area contributed by atoms with Gasteiger partial charge < -0.3 is 4.98 Å².